The van der Waals surface area contributed by atoms with Crippen molar-refractivity contribution in [1.29, 1.82) is 0 Å². The van der Waals surface area contributed by atoms with E-state index >= 15 is 0 Å². The first-order valence-corrected chi connectivity index (χ1v) is 12.3. The van der Waals surface area contributed by atoms with E-state index < -0.39 is 6.04 Å². The van der Waals surface area contributed by atoms with E-state index in [1.165, 1.54) is 4.90 Å². The number of anilines is 1. The monoisotopic (exact) mass is 471 g/mol. The first-order chi connectivity index (χ1) is 16.1. The van der Waals surface area contributed by atoms with Gasteiger partial charge in [0.15, 0.2) is 0 Å². The number of ether oxygens (including phenoxy) is 2. The molecule has 1 aromatic rings. The SMILES string of the molecule is CCOc1ccc(N2C(=O)CC(N(CCN3CCOCC3)C(=O)C3C(C)(C)C3(C)C)C2=O)cc1. The van der Waals surface area contributed by atoms with Gasteiger partial charge in [0, 0.05) is 32.1 Å². The van der Waals surface area contributed by atoms with Crippen LogP contribution in [0.3, 0.4) is 0 Å². The number of benzene rings is 1. The Balaban J connectivity index is 1.55. The van der Waals surface area contributed by atoms with E-state index in [9.17, 15) is 14.4 Å². The van der Waals surface area contributed by atoms with Crippen LogP contribution in [0, 0.1) is 16.7 Å². The summed E-state index contributed by atoms with van der Waals surface area (Å²) in [5, 5.41) is 0. The molecule has 34 heavy (non-hydrogen) atoms. The molecule has 3 amide bonds. The molecule has 1 unspecified atom stereocenters. The van der Waals surface area contributed by atoms with Gasteiger partial charge in [-0.2, -0.15) is 0 Å². The van der Waals surface area contributed by atoms with Gasteiger partial charge in [0.2, 0.25) is 11.8 Å². The van der Waals surface area contributed by atoms with Crippen LogP contribution in [0.2, 0.25) is 0 Å². The van der Waals surface area contributed by atoms with Gasteiger partial charge >= 0.3 is 0 Å². The Morgan fingerprint density at radius 3 is 2.26 bits per heavy atom. The van der Waals surface area contributed by atoms with Crippen molar-refractivity contribution >= 4 is 23.4 Å². The summed E-state index contributed by atoms with van der Waals surface area (Å²) in [7, 11) is 0. The van der Waals surface area contributed by atoms with E-state index in [2.05, 4.69) is 32.6 Å². The zero-order chi connectivity index (χ0) is 24.7. The molecule has 0 spiro atoms. The summed E-state index contributed by atoms with van der Waals surface area (Å²) in [6.45, 7) is 14.9. The molecule has 1 saturated carbocycles. The lowest BCUT2D eigenvalue weighted by Gasteiger charge is -2.33. The Labute approximate surface area is 202 Å². The van der Waals surface area contributed by atoms with Gasteiger partial charge in [0.05, 0.1) is 31.9 Å². The Morgan fingerprint density at radius 1 is 1.09 bits per heavy atom. The second-order valence-corrected chi connectivity index (χ2v) is 10.6. The maximum Gasteiger partial charge on any atom is 0.257 e. The minimum atomic E-state index is -0.778. The third-order valence-corrected chi connectivity index (χ3v) is 8.22. The van der Waals surface area contributed by atoms with Crippen molar-refractivity contribution in [3.8, 4) is 5.75 Å². The molecule has 2 heterocycles. The molecule has 1 atom stereocenters. The van der Waals surface area contributed by atoms with E-state index in [1.54, 1.807) is 29.2 Å². The Kier molecular flexibility index (Phi) is 6.75. The van der Waals surface area contributed by atoms with E-state index in [0.717, 1.165) is 13.1 Å². The number of hydrogen-bond acceptors (Lipinski definition) is 6. The van der Waals surface area contributed by atoms with E-state index in [-0.39, 0.29) is 40.9 Å². The van der Waals surface area contributed by atoms with Crippen molar-refractivity contribution in [3.63, 3.8) is 0 Å². The van der Waals surface area contributed by atoms with Crippen LogP contribution in [-0.4, -0.2) is 79.6 Å². The Bertz CT molecular complexity index is 922. The zero-order valence-electron chi connectivity index (χ0n) is 21.0. The molecule has 0 N–H and O–H groups in total. The Hall–Kier alpha value is -2.45. The molecular formula is C26H37N3O5. The predicted octanol–water partition coefficient (Wildman–Crippen LogP) is 2.56. The van der Waals surface area contributed by atoms with Gasteiger partial charge in [-0.3, -0.25) is 19.3 Å². The summed E-state index contributed by atoms with van der Waals surface area (Å²) in [5.41, 5.74) is 0.206. The largest absolute Gasteiger partial charge is 0.494 e. The van der Waals surface area contributed by atoms with Crippen molar-refractivity contribution in [2.45, 2.75) is 47.1 Å². The molecule has 3 aliphatic rings. The quantitative estimate of drug-likeness (QED) is 0.542. The number of carbonyl (C=O) groups excluding carboxylic acids is 3. The average Bonchev–Trinajstić information content (AvgIpc) is 3.03. The van der Waals surface area contributed by atoms with E-state index in [0.29, 0.717) is 44.3 Å². The number of rotatable bonds is 8. The van der Waals surface area contributed by atoms with Crippen molar-refractivity contribution in [2.75, 3.05) is 50.9 Å². The minimum absolute atomic E-state index is 0.00841. The third kappa shape index (κ3) is 4.33. The molecular weight excluding hydrogens is 434 g/mol. The van der Waals surface area contributed by atoms with Crippen LogP contribution in [0.25, 0.3) is 0 Å². The van der Waals surface area contributed by atoms with Crippen LogP contribution in [0.15, 0.2) is 24.3 Å². The van der Waals surface area contributed by atoms with Gasteiger partial charge in [-0.05, 0) is 42.0 Å². The van der Waals surface area contributed by atoms with Crippen molar-refractivity contribution in [2.24, 2.45) is 16.7 Å². The molecule has 1 aliphatic carbocycles. The second kappa shape index (κ2) is 9.30. The smallest absolute Gasteiger partial charge is 0.257 e. The first-order valence-electron chi connectivity index (χ1n) is 12.3. The van der Waals surface area contributed by atoms with Gasteiger partial charge in [-0.25, -0.2) is 4.90 Å². The van der Waals surface area contributed by atoms with Gasteiger partial charge in [-0.1, -0.05) is 27.7 Å². The number of imide groups is 1. The topological polar surface area (TPSA) is 79.4 Å². The highest BCUT2D eigenvalue weighted by Gasteiger charge is 2.69. The fourth-order valence-electron chi connectivity index (χ4n) is 5.46. The fraction of sp³-hybridized carbons (Fsp3) is 0.654. The molecule has 8 nitrogen and oxygen atoms in total. The van der Waals surface area contributed by atoms with Crippen molar-refractivity contribution in [3.05, 3.63) is 24.3 Å². The van der Waals surface area contributed by atoms with E-state index in [1.807, 2.05) is 6.92 Å². The molecule has 0 radical (unpaired) electrons. The van der Waals surface area contributed by atoms with Crippen LogP contribution in [0.4, 0.5) is 5.69 Å². The van der Waals surface area contributed by atoms with Crippen LogP contribution in [-0.2, 0) is 19.1 Å². The summed E-state index contributed by atoms with van der Waals surface area (Å²) < 4.78 is 10.9. The van der Waals surface area contributed by atoms with Crippen LogP contribution >= 0.6 is 0 Å². The number of carbonyl (C=O) groups is 3. The normalized spacial score (nSPS) is 24.4. The van der Waals surface area contributed by atoms with Crippen molar-refractivity contribution in [1.82, 2.24) is 9.80 Å². The maximum atomic E-state index is 13.8. The van der Waals surface area contributed by atoms with Gasteiger partial charge in [-0.15, -0.1) is 0 Å². The molecule has 0 bridgehead atoms. The molecule has 2 aliphatic heterocycles. The molecule has 186 valence electrons. The summed E-state index contributed by atoms with van der Waals surface area (Å²) in [6, 6.07) is 6.17. The minimum Gasteiger partial charge on any atom is -0.494 e. The number of nitrogens with zero attached hydrogens (tertiary/aromatic N) is 3. The highest BCUT2D eigenvalue weighted by Crippen LogP contribution is 2.69. The van der Waals surface area contributed by atoms with Crippen LogP contribution < -0.4 is 9.64 Å². The predicted molar refractivity (Wildman–Crippen MR) is 129 cm³/mol. The number of amides is 3. The summed E-state index contributed by atoms with van der Waals surface area (Å²) in [5.74, 6) is -0.129. The van der Waals surface area contributed by atoms with Gasteiger partial charge < -0.3 is 14.4 Å². The second-order valence-electron chi connectivity index (χ2n) is 10.6. The Morgan fingerprint density at radius 2 is 1.71 bits per heavy atom. The van der Waals surface area contributed by atoms with E-state index in [4.69, 9.17) is 9.47 Å². The average molecular weight is 472 g/mol. The molecule has 0 aromatic heterocycles. The molecule has 4 rings (SSSR count). The summed E-state index contributed by atoms with van der Waals surface area (Å²) in [6.07, 6.45) is 0.00841. The zero-order valence-corrected chi connectivity index (χ0v) is 21.0. The molecule has 8 heteroatoms. The molecule has 3 fully saturated rings. The molecule has 2 saturated heterocycles. The van der Waals surface area contributed by atoms with Crippen LogP contribution in [0.5, 0.6) is 5.75 Å². The fourth-order valence-corrected chi connectivity index (χ4v) is 5.46. The standard InChI is InChI=1S/C26H37N3O5/c1-6-34-19-9-7-18(8-10-19)29-21(30)17-20(23(29)31)28(12-11-27-13-15-33-16-14-27)24(32)22-25(2,3)26(22,4)5/h7-10,20,22H,6,11-17H2,1-5H3. The number of morpholine rings is 1. The van der Waals surface area contributed by atoms with Gasteiger partial charge in [0.1, 0.15) is 11.8 Å². The first kappa shape index (κ1) is 24.7. The van der Waals surface area contributed by atoms with Crippen LogP contribution in [0.1, 0.15) is 41.0 Å². The maximum absolute atomic E-state index is 13.8. The lowest BCUT2D eigenvalue weighted by atomic mass is 10.0. The highest BCUT2D eigenvalue weighted by molar-refractivity contribution is 6.23. The number of hydrogen-bond donors (Lipinski definition) is 0. The van der Waals surface area contributed by atoms with Crippen molar-refractivity contribution < 1.29 is 23.9 Å². The molecule has 1 aromatic carbocycles. The lowest BCUT2D eigenvalue weighted by Crippen LogP contribution is -2.50. The third-order valence-electron chi connectivity index (χ3n) is 8.22. The lowest BCUT2D eigenvalue weighted by molar-refractivity contribution is -0.140. The summed E-state index contributed by atoms with van der Waals surface area (Å²) >= 11 is 0. The highest BCUT2D eigenvalue weighted by atomic mass is 16.5. The summed E-state index contributed by atoms with van der Waals surface area (Å²) in [4.78, 5) is 45.5. The van der Waals surface area contributed by atoms with Gasteiger partial charge in [0.25, 0.3) is 5.91 Å².